The van der Waals surface area contributed by atoms with E-state index in [2.05, 4.69) is 5.32 Å². The summed E-state index contributed by atoms with van der Waals surface area (Å²) in [6.45, 7) is 2.51. The van der Waals surface area contributed by atoms with Gasteiger partial charge in [0.25, 0.3) is 11.1 Å². The first-order valence-corrected chi connectivity index (χ1v) is 8.50. The summed E-state index contributed by atoms with van der Waals surface area (Å²) in [6.07, 6.45) is 3.99. The molecule has 6 heteroatoms. The lowest BCUT2D eigenvalue weighted by molar-refractivity contribution is -0.124. The maximum atomic E-state index is 12.3. The van der Waals surface area contributed by atoms with E-state index in [1.165, 1.54) is 4.90 Å². The minimum absolute atomic E-state index is 0.0429. The summed E-state index contributed by atoms with van der Waals surface area (Å²) >= 11 is 0.935. The van der Waals surface area contributed by atoms with E-state index < -0.39 is 0 Å². The van der Waals surface area contributed by atoms with Crippen LogP contribution in [0.15, 0.2) is 35.2 Å². The Hall–Kier alpha value is -2.08. The summed E-state index contributed by atoms with van der Waals surface area (Å²) in [5.74, 6) is -0.342. The Morgan fingerprint density at radius 1 is 1.26 bits per heavy atom. The summed E-state index contributed by atoms with van der Waals surface area (Å²) < 4.78 is 0. The highest BCUT2D eigenvalue weighted by Crippen LogP contribution is 2.31. The van der Waals surface area contributed by atoms with Crippen LogP contribution in [0.5, 0.6) is 0 Å². The van der Waals surface area contributed by atoms with Crippen molar-refractivity contribution in [3.63, 3.8) is 0 Å². The van der Waals surface area contributed by atoms with Gasteiger partial charge in [0.15, 0.2) is 0 Å². The van der Waals surface area contributed by atoms with Gasteiger partial charge in [-0.3, -0.25) is 19.3 Å². The molecule has 1 saturated heterocycles. The van der Waals surface area contributed by atoms with Crippen LogP contribution >= 0.6 is 11.8 Å². The Balaban J connectivity index is 1.89. The van der Waals surface area contributed by atoms with E-state index in [0.717, 1.165) is 30.2 Å². The number of carbonyl (C=O) groups excluding carboxylic acids is 3. The molecule has 23 heavy (non-hydrogen) atoms. The zero-order valence-electron chi connectivity index (χ0n) is 13.1. The largest absolute Gasteiger partial charge is 0.354 e. The Kier molecular flexibility index (Phi) is 6.40. The molecule has 1 N–H and O–H groups in total. The van der Waals surface area contributed by atoms with E-state index in [9.17, 15) is 14.4 Å². The third kappa shape index (κ3) is 4.96. The zero-order valence-corrected chi connectivity index (χ0v) is 13.9. The quantitative estimate of drug-likeness (QED) is 0.780. The van der Waals surface area contributed by atoms with Gasteiger partial charge in [0, 0.05) is 19.5 Å². The van der Waals surface area contributed by atoms with Gasteiger partial charge in [0.1, 0.15) is 0 Å². The van der Waals surface area contributed by atoms with Crippen LogP contribution in [0.4, 0.5) is 4.79 Å². The van der Waals surface area contributed by atoms with Crippen molar-refractivity contribution in [2.24, 2.45) is 0 Å². The fraction of sp³-hybridized carbons (Fsp3) is 0.353. The number of hydrogen-bond acceptors (Lipinski definition) is 4. The number of nitrogens with zero attached hydrogens (tertiary/aromatic N) is 1. The average molecular weight is 332 g/mol. The van der Waals surface area contributed by atoms with Gasteiger partial charge in [-0.1, -0.05) is 43.7 Å². The number of benzene rings is 1. The third-order valence-corrected chi connectivity index (χ3v) is 4.29. The first-order valence-electron chi connectivity index (χ1n) is 7.69. The fourth-order valence-electron chi connectivity index (χ4n) is 2.13. The highest BCUT2D eigenvalue weighted by Gasteiger charge is 2.34. The summed E-state index contributed by atoms with van der Waals surface area (Å²) in [4.78, 5) is 37.3. The number of imide groups is 1. The Labute approximate surface area is 140 Å². The molecule has 0 aliphatic carbocycles. The van der Waals surface area contributed by atoms with Gasteiger partial charge in [0.05, 0.1) is 4.91 Å². The number of thioether (sulfide) groups is 1. The number of amides is 3. The van der Waals surface area contributed by atoms with Crippen LogP contribution in [0.1, 0.15) is 31.7 Å². The Bertz CT molecular complexity index is 614. The molecular formula is C17H20N2O3S. The van der Waals surface area contributed by atoms with Crippen molar-refractivity contribution in [2.45, 2.75) is 26.2 Å². The van der Waals surface area contributed by atoms with E-state index in [4.69, 9.17) is 0 Å². The first-order chi connectivity index (χ1) is 11.1. The van der Waals surface area contributed by atoms with Crippen molar-refractivity contribution in [3.8, 4) is 0 Å². The molecule has 1 aliphatic heterocycles. The Morgan fingerprint density at radius 3 is 2.70 bits per heavy atom. The van der Waals surface area contributed by atoms with E-state index in [1.807, 2.05) is 37.3 Å². The summed E-state index contributed by atoms with van der Waals surface area (Å²) in [7, 11) is 0. The second-order valence-corrected chi connectivity index (χ2v) is 6.19. The summed E-state index contributed by atoms with van der Waals surface area (Å²) in [6, 6.07) is 9.40. The van der Waals surface area contributed by atoms with Crippen LogP contribution in [0, 0.1) is 0 Å². The highest BCUT2D eigenvalue weighted by molar-refractivity contribution is 8.18. The predicted octanol–water partition coefficient (Wildman–Crippen LogP) is 3.03. The molecule has 1 aromatic rings. The molecule has 0 spiro atoms. The van der Waals surface area contributed by atoms with Crippen LogP contribution in [0.25, 0.3) is 6.08 Å². The SMILES string of the molecule is CCCCC(=O)NCCN1C(=O)SC(=Cc2ccccc2)C1=O. The van der Waals surface area contributed by atoms with Crippen LogP contribution in [0.3, 0.4) is 0 Å². The number of nitrogens with one attached hydrogen (secondary N) is 1. The van der Waals surface area contributed by atoms with Gasteiger partial charge in [0.2, 0.25) is 5.91 Å². The first kappa shape index (κ1) is 17.3. The maximum absolute atomic E-state index is 12.3. The minimum atomic E-state index is -0.299. The van der Waals surface area contributed by atoms with E-state index in [0.29, 0.717) is 17.9 Å². The smallest absolute Gasteiger partial charge is 0.293 e. The van der Waals surface area contributed by atoms with Gasteiger partial charge in [-0.05, 0) is 29.8 Å². The van der Waals surface area contributed by atoms with Crippen LogP contribution in [-0.4, -0.2) is 35.0 Å². The fourth-order valence-corrected chi connectivity index (χ4v) is 2.99. The summed E-state index contributed by atoms with van der Waals surface area (Å²) in [5.41, 5.74) is 0.880. The van der Waals surface area contributed by atoms with E-state index in [1.54, 1.807) is 6.08 Å². The monoisotopic (exact) mass is 332 g/mol. The minimum Gasteiger partial charge on any atom is -0.354 e. The number of rotatable bonds is 7. The molecule has 0 radical (unpaired) electrons. The molecule has 0 unspecified atom stereocenters. The average Bonchev–Trinajstić information content (AvgIpc) is 2.81. The normalized spacial score (nSPS) is 16.2. The molecular weight excluding hydrogens is 312 g/mol. The molecule has 3 amide bonds. The Morgan fingerprint density at radius 2 is 2.00 bits per heavy atom. The standard InChI is InChI=1S/C17H20N2O3S/c1-2-3-9-15(20)18-10-11-19-16(21)14(23-17(19)22)12-13-7-5-4-6-8-13/h4-8,12H,2-3,9-11H2,1H3,(H,18,20). The van der Waals surface area contributed by atoms with Crippen molar-refractivity contribution < 1.29 is 14.4 Å². The van der Waals surface area contributed by atoms with Gasteiger partial charge < -0.3 is 5.32 Å². The third-order valence-electron chi connectivity index (χ3n) is 3.39. The molecule has 122 valence electrons. The molecule has 1 aromatic carbocycles. The lowest BCUT2D eigenvalue weighted by Crippen LogP contribution is -2.37. The number of carbonyl (C=O) groups is 3. The van der Waals surface area contributed by atoms with Crippen LogP contribution in [0.2, 0.25) is 0 Å². The van der Waals surface area contributed by atoms with Gasteiger partial charge >= 0.3 is 0 Å². The molecule has 0 bridgehead atoms. The van der Waals surface area contributed by atoms with Crippen molar-refractivity contribution >= 4 is 34.9 Å². The van der Waals surface area contributed by atoms with Crippen molar-refractivity contribution in [2.75, 3.05) is 13.1 Å². The molecule has 0 saturated carbocycles. The molecule has 0 atom stereocenters. The molecule has 0 aromatic heterocycles. The van der Waals surface area contributed by atoms with Crippen LogP contribution < -0.4 is 5.32 Å². The van der Waals surface area contributed by atoms with Crippen molar-refractivity contribution in [3.05, 3.63) is 40.8 Å². The summed E-state index contributed by atoms with van der Waals surface area (Å²) in [5, 5.41) is 2.44. The topological polar surface area (TPSA) is 66.5 Å². The van der Waals surface area contributed by atoms with E-state index in [-0.39, 0.29) is 23.6 Å². The molecule has 5 nitrogen and oxygen atoms in total. The second-order valence-electron chi connectivity index (χ2n) is 5.20. The van der Waals surface area contributed by atoms with Gasteiger partial charge in [-0.15, -0.1) is 0 Å². The van der Waals surface area contributed by atoms with Gasteiger partial charge in [-0.2, -0.15) is 0 Å². The lowest BCUT2D eigenvalue weighted by Gasteiger charge is -2.12. The van der Waals surface area contributed by atoms with E-state index >= 15 is 0 Å². The lowest BCUT2D eigenvalue weighted by atomic mass is 10.2. The predicted molar refractivity (Wildman–Crippen MR) is 91.7 cm³/mol. The van der Waals surface area contributed by atoms with Gasteiger partial charge in [-0.25, -0.2) is 0 Å². The zero-order chi connectivity index (χ0) is 16.7. The molecule has 2 rings (SSSR count). The maximum Gasteiger partial charge on any atom is 0.293 e. The van der Waals surface area contributed by atoms with Crippen molar-refractivity contribution in [1.82, 2.24) is 10.2 Å². The van der Waals surface area contributed by atoms with Crippen molar-refractivity contribution in [1.29, 1.82) is 0 Å². The highest BCUT2D eigenvalue weighted by atomic mass is 32.2. The number of hydrogen-bond donors (Lipinski definition) is 1. The number of unbranched alkanes of at least 4 members (excludes halogenated alkanes) is 1. The van der Waals surface area contributed by atoms with Crippen LogP contribution in [-0.2, 0) is 9.59 Å². The molecule has 1 heterocycles. The molecule has 1 aliphatic rings. The molecule has 1 fully saturated rings. The second kappa shape index (κ2) is 8.53.